The average Bonchev–Trinajstić information content (AvgIpc) is 2.76. The van der Waals surface area contributed by atoms with Gasteiger partial charge in [0.2, 0.25) is 11.9 Å². The summed E-state index contributed by atoms with van der Waals surface area (Å²) in [5.74, 6) is -1.39. The van der Waals surface area contributed by atoms with Crippen LogP contribution in [0.15, 0.2) is 67.0 Å². The fraction of sp³-hybridized carbons (Fsp3) is 0.250. The van der Waals surface area contributed by atoms with Crippen molar-refractivity contribution >= 4 is 41.0 Å². The van der Waals surface area contributed by atoms with E-state index in [1.807, 2.05) is 30.3 Å². The van der Waals surface area contributed by atoms with E-state index in [0.29, 0.717) is 16.5 Å². The van der Waals surface area contributed by atoms with Crippen molar-refractivity contribution in [2.75, 3.05) is 4.90 Å². The van der Waals surface area contributed by atoms with E-state index in [1.54, 1.807) is 43.6 Å². The second kappa shape index (κ2) is 8.88. The molecule has 1 N–H and O–H groups in total. The van der Waals surface area contributed by atoms with Gasteiger partial charge in [-0.05, 0) is 47.9 Å². The Morgan fingerprint density at radius 3 is 2.38 bits per heavy atom. The summed E-state index contributed by atoms with van der Waals surface area (Å²) in [5, 5.41) is 10.7. The number of aromatic nitrogens is 2. The molecule has 1 aliphatic rings. The number of amides is 1. The number of benzene rings is 2. The van der Waals surface area contributed by atoms with Crippen molar-refractivity contribution in [2.24, 2.45) is 5.41 Å². The molecular formula is C24H21Cl2N3O3. The van der Waals surface area contributed by atoms with Gasteiger partial charge in [-0.3, -0.25) is 14.5 Å². The lowest BCUT2D eigenvalue weighted by atomic mass is 9.67. The minimum atomic E-state index is -1.15. The molecule has 32 heavy (non-hydrogen) atoms. The van der Waals surface area contributed by atoms with Crippen LogP contribution in [0.1, 0.15) is 42.9 Å². The molecule has 1 saturated heterocycles. The van der Waals surface area contributed by atoms with Gasteiger partial charge in [0.25, 0.3) is 0 Å². The molecule has 164 valence electrons. The molecule has 0 spiro atoms. The highest BCUT2D eigenvalue weighted by atomic mass is 35.5. The molecule has 6 nitrogen and oxygen atoms in total. The zero-order chi connectivity index (χ0) is 22.9. The second-order valence-corrected chi connectivity index (χ2v) is 9.09. The van der Waals surface area contributed by atoms with Crippen LogP contribution >= 0.6 is 23.2 Å². The molecule has 0 saturated carbocycles. The number of hydrogen-bond acceptors (Lipinski definition) is 4. The fourth-order valence-electron chi connectivity index (χ4n) is 4.47. The highest BCUT2D eigenvalue weighted by Gasteiger charge is 2.52. The molecule has 3 unspecified atom stereocenters. The maximum Gasteiger partial charge on any atom is 0.304 e. The molecule has 1 aromatic heterocycles. The molecule has 0 aliphatic carbocycles. The molecule has 1 fully saturated rings. The number of carbonyl (C=O) groups is 2. The third-order valence-corrected chi connectivity index (χ3v) is 6.35. The first-order valence-corrected chi connectivity index (χ1v) is 10.9. The topological polar surface area (TPSA) is 83.4 Å². The van der Waals surface area contributed by atoms with Crippen LogP contribution in [-0.4, -0.2) is 27.0 Å². The lowest BCUT2D eigenvalue weighted by Gasteiger charge is -2.47. The smallest absolute Gasteiger partial charge is 0.304 e. The van der Waals surface area contributed by atoms with Crippen molar-refractivity contribution in [1.29, 1.82) is 0 Å². The van der Waals surface area contributed by atoms with Crippen LogP contribution in [0.2, 0.25) is 10.0 Å². The Hall–Kier alpha value is -2.96. The number of carboxylic acid groups (broad SMARTS) is 1. The van der Waals surface area contributed by atoms with Gasteiger partial charge in [0.15, 0.2) is 0 Å². The summed E-state index contributed by atoms with van der Waals surface area (Å²) < 4.78 is 0. The Morgan fingerprint density at radius 1 is 1.06 bits per heavy atom. The lowest BCUT2D eigenvalue weighted by molar-refractivity contribution is -0.145. The minimum absolute atomic E-state index is 0.223. The Balaban J connectivity index is 1.94. The third kappa shape index (κ3) is 4.33. The van der Waals surface area contributed by atoms with Crippen molar-refractivity contribution in [3.05, 3.63) is 88.2 Å². The molecule has 8 heteroatoms. The van der Waals surface area contributed by atoms with Crippen LogP contribution in [0.3, 0.4) is 0 Å². The summed E-state index contributed by atoms with van der Waals surface area (Å²) in [6, 6.07) is 15.9. The molecular weight excluding hydrogens is 449 g/mol. The molecule has 0 bridgehead atoms. The Kier molecular flexibility index (Phi) is 6.17. The van der Waals surface area contributed by atoms with Crippen molar-refractivity contribution in [2.45, 2.75) is 31.7 Å². The van der Waals surface area contributed by atoms with Gasteiger partial charge < -0.3 is 5.11 Å². The quantitative estimate of drug-likeness (QED) is 0.531. The number of halogens is 2. The highest BCUT2D eigenvalue weighted by Crippen LogP contribution is 2.51. The van der Waals surface area contributed by atoms with E-state index in [1.165, 1.54) is 4.90 Å². The first-order valence-electron chi connectivity index (χ1n) is 10.1. The van der Waals surface area contributed by atoms with Gasteiger partial charge in [-0.15, -0.1) is 0 Å². The number of carbonyl (C=O) groups excluding carboxylic acids is 1. The molecule has 2 heterocycles. The predicted molar refractivity (Wildman–Crippen MR) is 123 cm³/mol. The number of piperidine rings is 1. The molecule has 3 aromatic rings. The van der Waals surface area contributed by atoms with Gasteiger partial charge in [0.05, 0.1) is 17.9 Å². The monoisotopic (exact) mass is 469 g/mol. The molecule has 1 amide bonds. The van der Waals surface area contributed by atoms with Crippen LogP contribution in [0.25, 0.3) is 0 Å². The van der Waals surface area contributed by atoms with Gasteiger partial charge in [0, 0.05) is 28.4 Å². The number of aliphatic carboxylic acids is 1. The third-order valence-electron chi connectivity index (χ3n) is 5.86. The van der Waals surface area contributed by atoms with Crippen LogP contribution in [-0.2, 0) is 9.59 Å². The van der Waals surface area contributed by atoms with Gasteiger partial charge in [-0.1, -0.05) is 54.4 Å². The summed E-state index contributed by atoms with van der Waals surface area (Å²) >= 11 is 12.4. The zero-order valence-corrected chi connectivity index (χ0v) is 18.8. The summed E-state index contributed by atoms with van der Waals surface area (Å²) in [6.45, 7) is 1.69. The van der Waals surface area contributed by atoms with Crippen LogP contribution in [0.5, 0.6) is 0 Å². The largest absolute Gasteiger partial charge is 0.481 e. The van der Waals surface area contributed by atoms with E-state index >= 15 is 0 Å². The average molecular weight is 470 g/mol. The highest BCUT2D eigenvalue weighted by molar-refractivity contribution is 6.30. The Bertz CT molecular complexity index is 1140. The van der Waals surface area contributed by atoms with E-state index < -0.39 is 17.4 Å². The normalized spacial score (nSPS) is 23.2. The summed E-state index contributed by atoms with van der Waals surface area (Å²) in [7, 11) is 0. The summed E-state index contributed by atoms with van der Waals surface area (Å²) in [4.78, 5) is 35.7. The van der Waals surface area contributed by atoms with E-state index in [-0.39, 0.29) is 24.2 Å². The zero-order valence-electron chi connectivity index (χ0n) is 17.3. The predicted octanol–water partition coefficient (Wildman–Crippen LogP) is 5.53. The lowest BCUT2D eigenvalue weighted by Crippen LogP contribution is -2.53. The first kappa shape index (κ1) is 22.2. The van der Waals surface area contributed by atoms with Crippen molar-refractivity contribution in [1.82, 2.24) is 9.97 Å². The first-order chi connectivity index (χ1) is 15.3. The van der Waals surface area contributed by atoms with Gasteiger partial charge in [0.1, 0.15) is 0 Å². The van der Waals surface area contributed by atoms with E-state index in [0.717, 1.165) is 11.1 Å². The number of carboxylic acids is 1. The molecule has 4 rings (SSSR count). The number of hydrogen-bond donors (Lipinski definition) is 1. The van der Waals surface area contributed by atoms with E-state index in [4.69, 9.17) is 23.2 Å². The second-order valence-electron chi connectivity index (χ2n) is 8.22. The van der Waals surface area contributed by atoms with Crippen LogP contribution < -0.4 is 4.90 Å². The van der Waals surface area contributed by atoms with E-state index in [2.05, 4.69) is 9.97 Å². The standard InChI is InChI=1S/C24H21Cl2N3O3/c1-24(14-20(30)31)13-19(16-4-2-5-18(26)12-16)21(15-6-8-17(25)9-7-15)29(22(24)32)23-27-10-3-11-28-23/h2-12,19,21H,13-14H2,1H3,(H,30,31). The van der Waals surface area contributed by atoms with Crippen molar-refractivity contribution in [3.8, 4) is 0 Å². The van der Waals surface area contributed by atoms with Gasteiger partial charge >= 0.3 is 5.97 Å². The van der Waals surface area contributed by atoms with E-state index in [9.17, 15) is 14.7 Å². The molecule has 2 aromatic carbocycles. The van der Waals surface area contributed by atoms with Gasteiger partial charge in [-0.25, -0.2) is 9.97 Å². The molecule has 1 aliphatic heterocycles. The number of anilines is 1. The van der Waals surface area contributed by atoms with Crippen LogP contribution in [0, 0.1) is 5.41 Å². The maximum absolute atomic E-state index is 13.8. The Morgan fingerprint density at radius 2 is 1.75 bits per heavy atom. The van der Waals surface area contributed by atoms with Crippen molar-refractivity contribution in [3.63, 3.8) is 0 Å². The number of nitrogens with zero attached hydrogens (tertiary/aromatic N) is 3. The SMILES string of the molecule is CC1(CC(=O)O)CC(c2cccc(Cl)c2)C(c2ccc(Cl)cc2)N(c2ncccn2)C1=O. The van der Waals surface area contributed by atoms with Crippen molar-refractivity contribution < 1.29 is 14.7 Å². The number of rotatable bonds is 5. The molecule has 0 radical (unpaired) electrons. The fourth-order valence-corrected chi connectivity index (χ4v) is 4.80. The summed E-state index contributed by atoms with van der Waals surface area (Å²) in [5.41, 5.74) is 0.598. The molecule has 3 atom stereocenters. The van der Waals surface area contributed by atoms with Crippen LogP contribution in [0.4, 0.5) is 5.95 Å². The maximum atomic E-state index is 13.8. The Labute approximate surface area is 195 Å². The summed E-state index contributed by atoms with van der Waals surface area (Å²) in [6.07, 6.45) is 3.15. The minimum Gasteiger partial charge on any atom is -0.481 e. The van der Waals surface area contributed by atoms with Gasteiger partial charge in [-0.2, -0.15) is 0 Å².